The van der Waals surface area contributed by atoms with Gasteiger partial charge in [-0.3, -0.25) is 9.59 Å². The topological polar surface area (TPSA) is 49.4 Å². The number of amides is 2. The number of nitrogens with zero attached hydrogens (tertiary/aromatic N) is 1. The minimum Gasteiger partial charge on any atom is -0.326 e. The lowest BCUT2D eigenvalue weighted by Crippen LogP contribution is -2.33. The second-order valence-corrected chi connectivity index (χ2v) is 6.66. The molecule has 0 unspecified atom stereocenters. The van der Waals surface area contributed by atoms with E-state index in [4.69, 9.17) is 11.6 Å². The average molecular weight is 357 g/mol. The Morgan fingerprint density at radius 1 is 1.20 bits per heavy atom. The maximum atomic E-state index is 12.2. The van der Waals surface area contributed by atoms with Crippen LogP contribution in [0.2, 0.25) is 5.02 Å². The van der Waals surface area contributed by atoms with Gasteiger partial charge in [0.1, 0.15) is 0 Å². The predicted octanol–water partition coefficient (Wildman–Crippen LogP) is 4.21. The van der Waals surface area contributed by atoms with E-state index in [1.165, 1.54) is 0 Å². The monoisotopic (exact) mass is 356 g/mol. The number of halogens is 1. The molecule has 0 aliphatic carbocycles. The molecule has 1 aliphatic rings. The summed E-state index contributed by atoms with van der Waals surface area (Å²) in [5.74, 6) is 0.0107. The van der Waals surface area contributed by atoms with Crippen molar-refractivity contribution in [2.45, 2.75) is 32.6 Å². The Balaban J connectivity index is 1.64. The van der Waals surface area contributed by atoms with Gasteiger partial charge in [0.05, 0.1) is 0 Å². The first kappa shape index (κ1) is 17.5. The summed E-state index contributed by atoms with van der Waals surface area (Å²) in [7, 11) is 0. The van der Waals surface area contributed by atoms with E-state index in [0.29, 0.717) is 17.9 Å². The molecule has 5 heteroatoms. The first-order valence-corrected chi connectivity index (χ1v) is 8.86. The lowest BCUT2D eigenvalue weighted by Gasteiger charge is -2.29. The quantitative estimate of drug-likeness (QED) is 0.892. The molecule has 25 heavy (non-hydrogen) atoms. The highest BCUT2D eigenvalue weighted by atomic mass is 35.5. The van der Waals surface area contributed by atoms with Gasteiger partial charge in [-0.05, 0) is 54.7 Å². The Labute approximate surface area is 152 Å². The van der Waals surface area contributed by atoms with Gasteiger partial charge in [-0.2, -0.15) is 0 Å². The second-order valence-electron chi connectivity index (χ2n) is 6.26. The van der Waals surface area contributed by atoms with Gasteiger partial charge in [-0.1, -0.05) is 29.8 Å². The van der Waals surface area contributed by atoms with Crippen LogP contribution in [0.1, 0.15) is 30.9 Å². The third-order valence-electron chi connectivity index (χ3n) is 4.44. The zero-order chi connectivity index (χ0) is 17.8. The van der Waals surface area contributed by atoms with E-state index in [-0.39, 0.29) is 11.8 Å². The highest BCUT2D eigenvalue weighted by Gasteiger charge is 2.20. The molecule has 130 valence electrons. The largest absolute Gasteiger partial charge is 0.326 e. The minimum absolute atomic E-state index is 0.0425. The highest BCUT2D eigenvalue weighted by molar-refractivity contribution is 6.31. The van der Waals surface area contributed by atoms with Crippen LogP contribution in [0.5, 0.6) is 0 Å². The fourth-order valence-electron chi connectivity index (χ4n) is 3.17. The van der Waals surface area contributed by atoms with Gasteiger partial charge in [0.25, 0.3) is 0 Å². The van der Waals surface area contributed by atoms with Gasteiger partial charge >= 0.3 is 0 Å². The van der Waals surface area contributed by atoms with Crippen LogP contribution in [0.3, 0.4) is 0 Å². The molecule has 1 N–H and O–H groups in total. The van der Waals surface area contributed by atoms with Gasteiger partial charge in [-0.15, -0.1) is 0 Å². The number of carbonyl (C=O) groups is 2. The minimum atomic E-state index is -0.0425. The maximum absolute atomic E-state index is 12.2. The predicted molar refractivity (Wildman–Crippen MR) is 101 cm³/mol. The summed E-state index contributed by atoms with van der Waals surface area (Å²) in [6.07, 6.45) is 2.84. The Morgan fingerprint density at radius 2 is 2.00 bits per heavy atom. The lowest BCUT2D eigenvalue weighted by molar-refractivity contribution is -0.117. The zero-order valence-corrected chi connectivity index (χ0v) is 15.0. The number of hydrogen-bond acceptors (Lipinski definition) is 2. The van der Waals surface area contributed by atoms with Crippen molar-refractivity contribution in [3.63, 3.8) is 0 Å². The number of anilines is 2. The molecule has 4 nitrogen and oxygen atoms in total. The number of hydrogen-bond donors (Lipinski definition) is 1. The van der Waals surface area contributed by atoms with Crippen molar-refractivity contribution < 1.29 is 9.59 Å². The van der Waals surface area contributed by atoms with Gasteiger partial charge < -0.3 is 10.2 Å². The van der Waals surface area contributed by atoms with E-state index < -0.39 is 0 Å². The van der Waals surface area contributed by atoms with Crippen LogP contribution in [0, 0.1) is 0 Å². The van der Waals surface area contributed by atoms with Crippen LogP contribution in [-0.2, 0) is 22.4 Å². The molecule has 0 fully saturated rings. The van der Waals surface area contributed by atoms with Crippen LogP contribution in [0.4, 0.5) is 11.4 Å². The summed E-state index contributed by atoms with van der Waals surface area (Å²) >= 11 is 6.12. The Bertz CT molecular complexity index is 804. The number of aryl methyl sites for hydroxylation is 2. The van der Waals surface area contributed by atoms with E-state index in [0.717, 1.165) is 41.9 Å². The fraction of sp³-hybridized carbons (Fsp3) is 0.300. The third-order valence-corrected chi connectivity index (χ3v) is 4.81. The number of fused-ring (bicyclic) bond motifs is 1. The smallest absolute Gasteiger partial charge is 0.224 e. The summed E-state index contributed by atoms with van der Waals surface area (Å²) in [4.78, 5) is 25.7. The molecule has 2 aromatic rings. The maximum Gasteiger partial charge on any atom is 0.224 e. The fourth-order valence-corrected chi connectivity index (χ4v) is 3.41. The molecule has 0 spiro atoms. The lowest BCUT2D eigenvalue weighted by atomic mass is 10.0. The Morgan fingerprint density at radius 3 is 2.76 bits per heavy atom. The van der Waals surface area contributed by atoms with Crippen molar-refractivity contribution in [3.8, 4) is 0 Å². The molecule has 0 atom stereocenters. The summed E-state index contributed by atoms with van der Waals surface area (Å²) in [6.45, 7) is 2.34. The molecule has 0 bridgehead atoms. The summed E-state index contributed by atoms with van der Waals surface area (Å²) < 4.78 is 0. The van der Waals surface area contributed by atoms with Crippen molar-refractivity contribution >= 4 is 34.8 Å². The molecule has 0 radical (unpaired) electrons. The number of benzene rings is 2. The van der Waals surface area contributed by atoms with Crippen molar-refractivity contribution in [2.24, 2.45) is 0 Å². The summed E-state index contributed by atoms with van der Waals surface area (Å²) in [6, 6.07) is 13.3. The standard InChI is InChI=1S/C20H21ClN2O2/c1-14(24)23-12-4-6-16-13-17(9-10-19(16)23)22-20(25)11-8-15-5-2-3-7-18(15)21/h2-3,5,7,9-10,13H,4,6,8,11-12H2,1H3,(H,22,25). The summed E-state index contributed by atoms with van der Waals surface area (Å²) in [5.41, 5.74) is 3.80. The number of rotatable bonds is 4. The molecule has 0 saturated heterocycles. The van der Waals surface area contributed by atoms with E-state index >= 15 is 0 Å². The molecule has 0 aromatic heterocycles. The van der Waals surface area contributed by atoms with Gasteiger partial charge in [0.2, 0.25) is 11.8 Å². The van der Waals surface area contributed by atoms with E-state index in [1.54, 1.807) is 11.8 Å². The molecule has 1 heterocycles. The SMILES string of the molecule is CC(=O)N1CCCc2cc(NC(=O)CCc3ccccc3Cl)ccc21. The van der Waals surface area contributed by atoms with Crippen LogP contribution in [0.15, 0.2) is 42.5 Å². The normalized spacial score (nSPS) is 13.3. The molecular formula is C20H21ClN2O2. The molecule has 3 rings (SSSR count). The van der Waals surface area contributed by atoms with Crippen LogP contribution >= 0.6 is 11.6 Å². The highest BCUT2D eigenvalue weighted by Crippen LogP contribution is 2.29. The van der Waals surface area contributed by atoms with Crippen molar-refractivity contribution in [1.82, 2.24) is 0 Å². The zero-order valence-electron chi connectivity index (χ0n) is 14.2. The van der Waals surface area contributed by atoms with Gasteiger partial charge in [0.15, 0.2) is 0 Å². The van der Waals surface area contributed by atoms with Crippen molar-refractivity contribution in [2.75, 3.05) is 16.8 Å². The van der Waals surface area contributed by atoms with Crippen LogP contribution in [0.25, 0.3) is 0 Å². The Hall–Kier alpha value is -2.33. The van der Waals surface area contributed by atoms with E-state index in [9.17, 15) is 9.59 Å². The average Bonchev–Trinajstić information content (AvgIpc) is 2.60. The van der Waals surface area contributed by atoms with Crippen LogP contribution < -0.4 is 10.2 Å². The molecule has 1 aliphatic heterocycles. The Kier molecular flexibility index (Phi) is 5.39. The molecule has 2 amide bonds. The first-order valence-electron chi connectivity index (χ1n) is 8.49. The van der Waals surface area contributed by atoms with Crippen molar-refractivity contribution in [1.29, 1.82) is 0 Å². The van der Waals surface area contributed by atoms with E-state index in [2.05, 4.69) is 5.32 Å². The van der Waals surface area contributed by atoms with Crippen LogP contribution in [-0.4, -0.2) is 18.4 Å². The van der Waals surface area contributed by atoms with Gasteiger partial charge in [0, 0.05) is 36.3 Å². The summed E-state index contributed by atoms with van der Waals surface area (Å²) in [5, 5.41) is 3.63. The number of carbonyl (C=O) groups excluding carboxylic acids is 2. The van der Waals surface area contributed by atoms with E-state index in [1.807, 2.05) is 42.5 Å². The molecular weight excluding hydrogens is 336 g/mol. The second kappa shape index (κ2) is 7.70. The third kappa shape index (κ3) is 4.20. The number of nitrogens with one attached hydrogen (secondary N) is 1. The van der Waals surface area contributed by atoms with Gasteiger partial charge in [-0.25, -0.2) is 0 Å². The molecule has 2 aromatic carbocycles. The molecule has 0 saturated carbocycles. The first-order chi connectivity index (χ1) is 12.0. The van der Waals surface area contributed by atoms with Crippen molar-refractivity contribution in [3.05, 3.63) is 58.6 Å².